The molecule has 24 heavy (non-hydrogen) atoms. The molecule has 5 nitrogen and oxygen atoms in total. The molecular formula is C19H24N3O2+. The van der Waals surface area contributed by atoms with Crippen LogP contribution in [0.5, 0.6) is 0 Å². The first kappa shape index (κ1) is 17.7. The average Bonchev–Trinajstić information content (AvgIpc) is 2.61. The highest BCUT2D eigenvalue weighted by Gasteiger charge is 2.25. The van der Waals surface area contributed by atoms with Crippen LogP contribution in [0.25, 0.3) is 0 Å². The molecule has 0 aliphatic heterocycles. The smallest absolute Gasteiger partial charge is 0.321 e. The van der Waals surface area contributed by atoms with E-state index >= 15 is 0 Å². The third kappa shape index (κ3) is 4.67. The standard InChI is InChI=1S/C19H23N3O2/c1-13-9-11-16(12-10-13)17(15-7-5-4-6-8-15)21-14(2)18(23)22-19(24)20-3/h4-12,14,17,21H,1-3H3,(H2,20,22,23,24)/p+1/t14-,17+/m0/s1. The number of benzene rings is 2. The first-order valence-electron chi connectivity index (χ1n) is 8.00. The number of imide groups is 1. The van der Waals surface area contributed by atoms with Crippen LogP contribution >= 0.6 is 0 Å². The van der Waals surface area contributed by atoms with Gasteiger partial charge in [0.25, 0.3) is 5.91 Å². The molecule has 0 fully saturated rings. The van der Waals surface area contributed by atoms with Crippen molar-refractivity contribution in [2.24, 2.45) is 0 Å². The van der Waals surface area contributed by atoms with Crippen LogP contribution in [0.15, 0.2) is 54.6 Å². The van der Waals surface area contributed by atoms with Gasteiger partial charge in [0.1, 0.15) is 6.04 Å². The molecule has 0 spiro atoms. The molecule has 0 aliphatic carbocycles. The Labute approximate surface area is 142 Å². The highest BCUT2D eigenvalue weighted by Crippen LogP contribution is 2.18. The Morgan fingerprint density at radius 1 is 0.958 bits per heavy atom. The van der Waals surface area contributed by atoms with E-state index in [-0.39, 0.29) is 11.9 Å². The van der Waals surface area contributed by atoms with E-state index in [0.717, 1.165) is 11.1 Å². The van der Waals surface area contributed by atoms with Crippen LogP contribution in [-0.2, 0) is 4.79 Å². The summed E-state index contributed by atoms with van der Waals surface area (Å²) >= 11 is 0. The summed E-state index contributed by atoms with van der Waals surface area (Å²) < 4.78 is 0. The van der Waals surface area contributed by atoms with Crippen molar-refractivity contribution in [1.29, 1.82) is 0 Å². The van der Waals surface area contributed by atoms with Gasteiger partial charge in [-0.25, -0.2) is 4.79 Å². The van der Waals surface area contributed by atoms with E-state index in [2.05, 4.69) is 34.9 Å². The van der Waals surface area contributed by atoms with Gasteiger partial charge in [0.05, 0.1) is 0 Å². The van der Waals surface area contributed by atoms with E-state index in [4.69, 9.17) is 0 Å². The van der Waals surface area contributed by atoms with Crippen LogP contribution in [0.1, 0.15) is 29.7 Å². The lowest BCUT2D eigenvalue weighted by Gasteiger charge is -2.20. The van der Waals surface area contributed by atoms with Crippen LogP contribution in [0.2, 0.25) is 0 Å². The van der Waals surface area contributed by atoms with Crippen LogP contribution in [0.4, 0.5) is 4.79 Å². The number of nitrogens with two attached hydrogens (primary N) is 1. The number of amides is 3. The van der Waals surface area contributed by atoms with E-state index in [0.29, 0.717) is 0 Å². The summed E-state index contributed by atoms with van der Waals surface area (Å²) in [5.74, 6) is -0.317. The number of aryl methyl sites for hydroxylation is 1. The molecule has 0 heterocycles. The number of carbonyl (C=O) groups is 2. The molecule has 0 unspecified atom stereocenters. The van der Waals surface area contributed by atoms with Crippen molar-refractivity contribution in [3.8, 4) is 0 Å². The SMILES string of the molecule is CNC(=O)NC(=O)[C@H](C)[NH2+][C@H](c1ccccc1)c1ccc(C)cc1. The molecule has 2 aromatic rings. The molecule has 5 heteroatoms. The molecule has 0 saturated carbocycles. The number of urea groups is 1. The lowest BCUT2D eigenvalue weighted by atomic mass is 9.97. The van der Waals surface area contributed by atoms with Crippen molar-refractivity contribution in [2.75, 3.05) is 7.05 Å². The van der Waals surface area contributed by atoms with Crippen LogP contribution < -0.4 is 16.0 Å². The van der Waals surface area contributed by atoms with Crippen LogP contribution in [-0.4, -0.2) is 25.0 Å². The monoisotopic (exact) mass is 326 g/mol. The van der Waals surface area contributed by atoms with Gasteiger partial charge in [0, 0.05) is 18.2 Å². The average molecular weight is 326 g/mol. The van der Waals surface area contributed by atoms with Gasteiger partial charge in [0.15, 0.2) is 6.04 Å². The maximum absolute atomic E-state index is 12.2. The van der Waals surface area contributed by atoms with Crippen molar-refractivity contribution in [1.82, 2.24) is 10.6 Å². The summed E-state index contributed by atoms with van der Waals surface area (Å²) in [4.78, 5) is 23.5. The summed E-state index contributed by atoms with van der Waals surface area (Å²) in [5.41, 5.74) is 3.42. The molecule has 2 aromatic carbocycles. The topological polar surface area (TPSA) is 74.8 Å². The minimum absolute atomic E-state index is 0.0164. The van der Waals surface area contributed by atoms with Crippen molar-refractivity contribution in [2.45, 2.75) is 25.9 Å². The predicted molar refractivity (Wildman–Crippen MR) is 93.4 cm³/mol. The zero-order valence-electron chi connectivity index (χ0n) is 14.2. The lowest BCUT2D eigenvalue weighted by molar-refractivity contribution is -0.704. The number of hydrogen-bond acceptors (Lipinski definition) is 2. The maximum Gasteiger partial charge on any atom is 0.321 e. The molecule has 0 bridgehead atoms. The van der Waals surface area contributed by atoms with Crippen molar-refractivity contribution < 1.29 is 14.9 Å². The van der Waals surface area contributed by atoms with E-state index in [9.17, 15) is 9.59 Å². The Morgan fingerprint density at radius 2 is 1.54 bits per heavy atom. The molecule has 0 radical (unpaired) electrons. The zero-order valence-corrected chi connectivity index (χ0v) is 14.2. The van der Waals surface area contributed by atoms with E-state index in [1.807, 2.05) is 42.6 Å². The number of quaternary nitrogens is 1. The Hall–Kier alpha value is -2.66. The van der Waals surface area contributed by atoms with Gasteiger partial charge < -0.3 is 10.6 Å². The van der Waals surface area contributed by atoms with Gasteiger partial charge in [-0.15, -0.1) is 0 Å². The molecule has 0 aromatic heterocycles. The quantitative estimate of drug-likeness (QED) is 0.779. The summed E-state index contributed by atoms with van der Waals surface area (Å²) in [7, 11) is 1.48. The molecule has 3 amide bonds. The van der Waals surface area contributed by atoms with Gasteiger partial charge >= 0.3 is 6.03 Å². The minimum atomic E-state index is -0.494. The summed E-state index contributed by atoms with van der Waals surface area (Å²) in [6.07, 6.45) is 0. The summed E-state index contributed by atoms with van der Waals surface area (Å²) in [6.45, 7) is 3.84. The fraction of sp³-hybridized carbons (Fsp3) is 0.263. The third-order valence-corrected chi connectivity index (χ3v) is 3.95. The third-order valence-electron chi connectivity index (χ3n) is 3.95. The van der Waals surface area contributed by atoms with Crippen molar-refractivity contribution in [3.63, 3.8) is 0 Å². The second-order valence-corrected chi connectivity index (χ2v) is 5.85. The van der Waals surface area contributed by atoms with Gasteiger partial charge in [-0.2, -0.15) is 0 Å². The largest absolute Gasteiger partial charge is 0.341 e. The molecule has 2 atom stereocenters. The first-order chi connectivity index (χ1) is 11.5. The molecule has 2 rings (SSSR count). The van der Waals surface area contributed by atoms with Gasteiger partial charge in [0.2, 0.25) is 0 Å². The van der Waals surface area contributed by atoms with Crippen molar-refractivity contribution in [3.05, 3.63) is 71.3 Å². The van der Waals surface area contributed by atoms with E-state index < -0.39 is 12.1 Å². The fourth-order valence-corrected chi connectivity index (χ4v) is 2.51. The van der Waals surface area contributed by atoms with E-state index in [1.54, 1.807) is 6.92 Å². The Bertz CT molecular complexity index is 684. The number of nitrogens with one attached hydrogen (secondary N) is 2. The van der Waals surface area contributed by atoms with Gasteiger partial charge in [-0.3, -0.25) is 10.1 Å². The highest BCUT2D eigenvalue weighted by molar-refractivity contribution is 5.95. The van der Waals surface area contributed by atoms with E-state index in [1.165, 1.54) is 12.6 Å². The molecule has 126 valence electrons. The Kier molecular flexibility index (Phi) is 6.09. The van der Waals surface area contributed by atoms with Crippen molar-refractivity contribution >= 4 is 11.9 Å². The fourth-order valence-electron chi connectivity index (χ4n) is 2.51. The lowest BCUT2D eigenvalue weighted by Crippen LogP contribution is -2.93. The Morgan fingerprint density at radius 3 is 2.12 bits per heavy atom. The normalized spacial score (nSPS) is 13.0. The molecular weight excluding hydrogens is 302 g/mol. The number of hydrogen-bond donors (Lipinski definition) is 3. The predicted octanol–water partition coefficient (Wildman–Crippen LogP) is 1.49. The minimum Gasteiger partial charge on any atom is -0.341 e. The molecule has 4 N–H and O–H groups in total. The first-order valence-corrected chi connectivity index (χ1v) is 8.00. The van der Waals surface area contributed by atoms with Crippen LogP contribution in [0.3, 0.4) is 0 Å². The van der Waals surface area contributed by atoms with Crippen LogP contribution in [0, 0.1) is 6.92 Å². The molecule has 0 aliphatic rings. The second-order valence-electron chi connectivity index (χ2n) is 5.85. The maximum atomic E-state index is 12.2. The number of carbonyl (C=O) groups excluding carboxylic acids is 2. The highest BCUT2D eigenvalue weighted by atomic mass is 16.2. The second kappa shape index (κ2) is 8.26. The Balaban J connectivity index is 2.22. The molecule has 0 saturated heterocycles. The van der Waals surface area contributed by atoms with Gasteiger partial charge in [-0.05, 0) is 13.8 Å². The summed E-state index contributed by atoms with van der Waals surface area (Å²) in [5, 5.41) is 6.69. The number of rotatable bonds is 5. The van der Waals surface area contributed by atoms with Gasteiger partial charge in [-0.1, -0.05) is 60.2 Å². The summed E-state index contributed by atoms with van der Waals surface area (Å²) in [6, 6.07) is 17.4. The zero-order chi connectivity index (χ0) is 17.5.